The SMILES string of the molecule is C[C@@H]1CCCN(C(=O)[C@@H](C)N2C(=O)CN(C)C(=O)c3ccccc32)C1. The Hall–Kier alpha value is -2.37. The van der Waals surface area contributed by atoms with Crippen molar-refractivity contribution in [2.24, 2.45) is 5.92 Å². The lowest BCUT2D eigenvalue weighted by molar-refractivity contribution is -0.135. The summed E-state index contributed by atoms with van der Waals surface area (Å²) < 4.78 is 0. The van der Waals surface area contributed by atoms with Crippen LogP contribution in [0.2, 0.25) is 0 Å². The summed E-state index contributed by atoms with van der Waals surface area (Å²) in [5, 5.41) is 0. The van der Waals surface area contributed by atoms with Crippen LogP contribution in [0.3, 0.4) is 0 Å². The Labute approximate surface area is 148 Å². The molecule has 1 saturated heterocycles. The van der Waals surface area contributed by atoms with Gasteiger partial charge in [-0.05, 0) is 37.8 Å². The fourth-order valence-corrected chi connectivity index (χ4v) is 3.74. The third-order valence-electron chi connectivity index (χ3n) is 5.10. The van der Waals surface area contributed by atoms with Crippen molar-refractivity contribution >= 4 is 23.4 Å². The molecule has 0 unspecified atom stereocenters. The number of likely N-dealkylation sites (N-methyl/N-ethyl adjacent to an activating group) is 1. The van der Waals surface area contributed by atoms with Crippen molar-refractivity contribution < 1.29 is 14.4 Å². The van der Waals surface area contributed by atoms with Crippen molar-refractivity contribution in [2.45, 2.75) is 32.7 Å². The van der Waals surface area contributed by atoms with Crippen LogP contribution in [0.25, 0.3) is 0 Å². The Bertz CT molecular complexity index is 703. The zero-order valence-corrected chi connectivity index (χ0v) is 15.1. The monoisotopic (exact) mass is 343 g/mol. The van der Waals surface area contributed by atoms with Crippen molar-refractivity contribution in [3.05, 3.63) is 29.8 Å². The third-order valence-corrected chi connectivity index (χ3v) is 5.10. The number of benzene rings is 1. The number of rotatable bonds is 2. The quantitative estimate of drug-likeness (QED) is 0.822. The predicted octanol–water partition coefficient (Wildman–Crippen LogP) is 1.75. The Morgan fingerprint density at radius 3 is 2.68 bits per heavy atom. The van der Waals surface area contributed by atoms with Crippen molar-refractivity contribution in [2.75, 3.05) is 31.6 Å². The van der Waals surface area contributed by atoms with E-state index in [-0.39, 0.29) is 24.3 Å². The van der Waals surface area contributed by atoms with Crippen molar-refractivity contribution in [1.29, 1.82) is 0 Å². The highest BCUT2D eigenvalue weighted by molar-refractivity contribution is 6.11. The highest BCUT2D eigenvalue weighted by Crippen LogP contribution is 2.28. The molecule has 2 heterocycles. The molecule has 3 rings (SSSR count). The van der Waals surface area contributed by atoms with Gasteiger partial charge in [-0.15, -0.1) is 0 Å². The second-order valence-corrected chi connectivity index (χ2v) is 7.15. The van der Waals surface area contributed by atoms with Crippen LogP contribution in [0.15, 0.2) is 24.3 Å². The first-order valence-electron chi connectivity index (χ1n) is 8.85. The lowest BCUT2D eigenvalue weighted by Crippen LogP contribution is -2.53. The van der Waals surface area contributed by atoms with E-state index in [9.17, 15) is 14.4 Å². The van der Waals surface area contributed by atoms with E-state index in [1.807, 2.05) is 4.90 Å². The van der Waals surface area contributed by atoms with Crippen LogP contribution in [0.4, 0.5) is 5.69 Å². The Kier molecular flexibility index (Phi) is 4.79. The van der Waals surface area contributed by atoms with E-state index in [0.717, 1.165) is 25.9 Å². The maximum atomic E-state index is 13.0. The summed E-state index contributed by atoms with van der Waals surface area (Å²) in [6.07, 6.45) is 2.12. The number of nitrogens with zero attached hydrogens (tertiary/aromatic N) is 3. The Balaban J connectivity index is 1.94. The van der Waals surface area contributed by atoms with Gasteiger partial charge < -0.3 is 9.80 Å². The summed E-state index contributed by atoms with van der Waals surface area (Å²) in [7, 11) is 1.61. The van der Waals surface area contributed by atoms with Crippen molar-refractivity contribution in [3.8, 4) is 0 Å². The first-order valence-corrected chi connectivity index (χ1v) is 8.85. The molecule has 1 aromatic carbocycles. The van der Waals surface area contributed by atoms with Gasteiger partial charge in [-0.1, -0.05) is 19.1 Å². The van der Waals surface area contributed by atoms with Gasteiger partial charge in [0.1, 0.15) is 12.6 Å². The molecule has 1 fully saturated rings. The number of amides is 3. The van der Waals surface area contributed by atoms with Crippen LogP contribution in [-0.2, 0) is 9.59 Å². The molecule has 0 bridgehead atoms. The van der Waals surface area contributed by atoms with Crippen LogP contribution in [0, 0.1) is 5.92 Å². The van der Waals surface area contributed by atoms with Crippen LogP contribution < -0.4 is 4.90 Å². The molecule has 0 saturated carbocycles. The van der Waals surface area contributed by atoms with E-state index >= 15 is 0 Å². The second-order valence-electron chi connectivity index (χ2n) is 7.15. The highest BCUT2D eigenvalue weighted by atomic mass is 16.2. The van der Waals surface area contributed by atoms with Crippen LogP contribution in [0.1, 0.15) is 37.0 Å². The largest absolute Gasteiger partial charge is 0.341 e. The van der Waals surface area contributed by atoms with Crippen LogP contribution >= 0.6 is 0 Å². The molecule has 0 spiro atoms. The number of fused-ring (bicyclic) bond motifs is 1. The summed E-state index contributed by atoms with van der Waals surface area (Å²) in [4.78, 5) is 43.1. The lowest BCUT2D eigenvalue weighted by atomic mass is 9.99. The van der Waals surface area contributed by atoms with E-state index in [4.69, 9.17) is 0 Å². The molecule has 1 aromatic rings. The smallest absolute Gasteiger partial charge is 0.256 e. The molecule has 0 N–H and O–H groups in total. The summed E-state index contributed by atoms with van der Waals surface area (Å²) in [6, 6.07) is 6.39. The molecular weight excluding hydrogens is 318 g/mol. The van der Waals surface area contributed by atoms with Gasteiger partial charge in [0.05, 0.1) is 11.3 Å². The molecular formula is C19H25N3O3. The number of hydrogen-bond donors (Lipinski definition) is 0. The van der Waals surface area contributed by atoms with Gasteiger partial charge in [0.2, 0.25) is 11.8 Å². The minimum atomic E-state index is -0.627. The molecule has 25 heavy (non-hydrogen) atoms. The van der Waals surface area contributed by atoms with Gasteiger partial charge in [0.15, 0.2) is 0 Å². The summed E-state index contributed by atoms with van der Waals surface area (Å²) in [5.74, 6) is 0.000777. The summed E-state index contributed by atoms with van der Waals surface area (Å²) in [5.41, 5.74) is 0.982. The van der Waals surface area contributed by atoms with Gasteiger partial charge in [0.25, 0.3) is 5.91 Å². The molecule has 2 atom stereocenters. The first-order chi connectivity index (χ1) is 11.9. The minimum absolute atomic E-state index is 0.0263. The number of hydrogen-bond acceptors (Lipinski definition) is 3. The van der Waals surface area contributed by atoms with E-state index in [2.05, 4.69) is 6.92 Å². The van der Waals surface area contributed by atoms with Gasteiger partial charge in [-0.2, -0.15) is 0 Å². The van der Waals surface area contributed by atoms with Gasteiger partial charge >= 0.3 is 0 Å². The van der Waals surface area contributed by atoms with Crippen molar-refractivity contribution in [3.63, 3.8) is 0 Å². The van der Waals surface area contributed by atoms with Gasteiger partial charge in [-0.3, -0.25) is 19.3 Å². The average molecular weight is 343 g/mol. The van der Waals surface area contributed by atoms with E-state index in [1.165, 1.54) is 9.80 Å². The fraction of sp³-hybridized carbons (Fsp3) is 0.526. The number of carbonyl (C=O) groups excluding carboxylic acids is 3. The van der Waals surface area contributed by atoms with E-state index in [0.29, 0.717) is 17.2 Å². The Morgan fingerprint density at radius 1 is 1.24 bits per heavy atom. The van der Waals surface area contributed by atoms with Crippen LogP contribution in [0.5, 0.6) is 0 Å². The zero-order chi connectivity index (χ0) is 18.1. The maximum absolute atomic E-state index is 13.0. The number of anilines is 1. The standard InChI is InChI=1S/C19H25N3O3/c1-13-7-6-10-21(11-13)18(24)14(2)22-16-9-5-4-8-15(16)19(25)20(3)12-17(22)23/h4-5,8-9,13-14H,6-7,10-12H2,1-3H3/t13-,14-/m1/s1. The number of likely N-dealkylation sites (tertiary alicyclic amines) is 1. The third kappa shape index (κ3) is 3.25. The molecule has 0 aliphatic carbocycles. The molecule has 0 aromatic heterocycles. The summed E-state index contributed by atoms with van der Waals surface area (Å²) >= 11 is 0. The predicted molar refractivity (Wildman–Crippen MR) is 95.3 cm³/mol. The first kappa shape index (κ1) is 17.5. The molecule has 6 heteroatoms. The number of piperidine rings is 1. The maximum Gasteiger partial charge on any atom is 0.256 e. The normalized spacial score (nSPS) is 22.5. The highest BCUT2D eigenvalue weighted by Gasteiger charge is 2.37. The molecule has 2 aliphatic rings. The van der Waals surface area contributed by atoms with E-state index in [1.54, 1.807) is 38.2 Å². The Morgan fingerprint density at radius 2 is 1.96 bits per heavy atom. The molecule has 3 amide bonds. The molecule has 0 radical (unpaired) electrons. The molecule has 2 aliphatic heterocycles. The van der Waals surface area contributed by atoms with Gasteiger partial charge in [-0.25, -0.2) is 0 Å². The zero-order valence-electron chi connectivity index (χ0n) is 15.1. The van der Waals surface area contributed by atoms with Crippen molar-refractivity contribution in [1.82, 2.24) is 9.80 Å². The van der Waals surface area contributed by atoms with E-state index < -0.39 is 6.04 Å². The lowest BCUT2D eigenvalue weighted by Gasteiger charge is -2.36. The minimum Gasteiger partial charge on any atom is -0.341 e. The van der Waals surface area contributed by atoms with Gasteiger partial charge in [0, 0.05) is 20.1 Å². The molecule has 134 valence electrons. The number of carbonyl (C=O) groups is 3. The van der Waals surface area contributed by atoms with Crippen LogP contribution in [-0.4, -0.2) is 60.2 Å². The second kappa shape index (κ2) is 6.86. The summed E-state index contributed by atoms with van der Waals surface area (Å²) in [6.45, 7) is 5.33. The topological polar surface area (TPSA) is 60.9 Å². The average Bonchev–Trinajstić information content (AvgIpc) is 2.69. The molecule has 6 nitrogen and oxygen atoms in total. The fourth-order valence-electron chi connectivity index (χ4n) is 3.74. The number of para-hydroxylation sites is 1.